The lowest BCUT2D eigenvalue weighted by molar-refractivity contribution is -0.116. The van der Waals surface area contributed by atoms with Crippen LogP contribution in [0.1, 0.15) is 43.6 Å². The molecule has 1 aromatic rings. The van der Waals surface area contributed by atoms with Crippen LogP contribution in [0.2, 0.25) is 0 Å². The molecule has 4 rings (SSSR count). The molecule has 3 N–H and O–H groups in total. The lowest BCUT2D eigenvalue weighted by Gasteiger charge is -2.43. The lowest BCUT2D eigenvalue weighted by Crippen LogP contribution is -2.57. The average molecular weight is 544 g/mol. The van der Waals surface area contributed by atoms with Crippen LogP contribution in [0.3, 0.4) is 0 Å². The van der Waals surface area contributed by atoms with Crippen molar-refractivity contribution in [2.75, 3.05) is 50.0 Å². The number of carbonyl (C=O) groups excluding carboxylic acids is 1. The van der Waals surface area contributed by atoms with Crippen molar-refractivity contribution in [3.63, 3.8) is 0 Å². The first-order valence-corrected chi connectivity index (χ1v) is 12.0. The minimum atomic E-state index is 0. The number of guanidine groups is 1. The van der Waals surface area contributed by atoms with Gasteiger partial charge in [-0.25, -0.2) is 0 Å². The number of thioether (sulfide) groups is 1. The Balaban J connectivity index is 0.00000256. The van der Waals surface area contributed by atoms with Gasteiger partial charge < -0.3 is 16.0 Å². The number of aliphatic imine (C=N–C) groups is 1. The number of halogens is 1. The van der Waals surface area contributed by atoms with E-state index in [9.17, 15) is 4.79 Å². The second kappa shape index (κ2) is 11.0. The maximum Gasteiger partial charge on any atom is 0.225 e. The van der Waals surface area contributed by atoms with E-state index in [1.54, 1.807) is 0 Å². The Hall–Kier alpha value is -1.000. The molecule has 1 aromatic carbocycles. The molecule has 2 heterocycles. The molecule has 1 atom stereocenters. The molecule has 0 aromatic heterocycles. The number of rotatable bonds is 5. The summed E-state index contributed by atoms with van der Waals surface area (Å²) in [7, 11) is 1.83. The third kappa shape index (κ3) is 5.43. The standard InChI is InChI=1S/C22H33N5OS.HI/c1-23-21(24-15-17-14-20(28)26-19-7-3-2-6-18(17)19)25-16-22(8-4-5-9-22)27-10-12-29-13-11-27;/h2-3,6-7,17H,4-5,8-16H2,1H3,(H,26,28)(H2,23,24,25);1H. The molecule has 1 aliphatic carbocycles. The zero-order chi connectivity index (χ0) is 20.1. The predicted molar refractivity (Wildman–Crippen MR) is 137 cm³/mol. The van der Waals surface area contributed by atoms with Gasteiger partial charge in [-0.1, -0.05) is 31.0 Å². The first-order valence-electron chi connectivity index (χ1n) is 10.9. The van der Waals surface area contributed by atoms with Gasteiger partial charge in [-0.05, 0) is 24.5 Å². The zero-order valence-corrected chi connectivity index (χ0v) is 20.9. The molecular formula is C22H34IN5OS. The van der Waals surface area contributed by atoms with Gasteiger partial charge in [0.25, 0.3) is 0 Å². The molecule has 30 heavy (non-hydrogen) atoms. The molecule has 0 radical (unpaired) electrons. The number of benzene rings is 1. The van der Waals surface area contributed by atoms with Gasteiger partial charge in [0, 0.05) is 68.3 Å². The van der Waals surface area contributed by atoms with E-state index in [0.29, 0.717) is 13.0 Å². The molecule has 6 nitrogen and oxygen atoms in total. The van der Waals surface area contributed by atoms with Crippen LogP contribution in [0.25, 0.3) is 0 Å². The molecule has 8 heteroatoms. The van der Waals surface area contributed by atoms with Gasteiger partial charge in [-0.2, -0.15) is 11.8 Å². The zero-order valence-electron chi connectivity index (χ0n) is 17.8. The van der Waals surface area contributed by atoms with Crippen LogP contribution in [0, 0.1) is 0 Å². The first-order chi connectivity index (χ1) is 14.2. The predicted octanol–water partition coefficient (Wildman–Crippen LogP) is 3.26. The fourth-order valence-corrected chi connectivity index (χ4v) is 5.95. The van der Waals surface area contributed by atoms with Crippen molar-refractivity contribution in [3.8, 4) is 0 Å². The second-order valence-corrected chi connectivity index (χ2v) is 9.60. The number of hydrogen-bond donors (Lipinski definition) is 3. The van der Waals surface area contributed by atoms with Crippen LogP contribution in [0.4, 0.5) is 5.69 Å². The molecule has 1 saturated carbocycles. The summed E-state index contributed by atoms with van der Waals surface area (Å²) >= 11 is 2.07. The van der Waals surface area contributed by atoms with Gasteiger partial charge in [0.05, 0.1) is 0 Å². The van der Waals surface area contributed by atoms with E-state index in [0.717, 1.165) is 18.2 Å². The minimum absolute atomic E-state index is 0. The normalized spacial score (nSPS) is 23.8. The Kier molecular flexibility index (Phi) is 8.71. The van der Waals surface area contributed by atoms with Crippen molar-refractivity contribution in [1.82, 2.24) is 15.5 Å². The van der Waals surface area contributed by atoms with Crippen LogP contribution in [-0.2, 0) is 4.79 Å². The summed E-state index contributed by atoms with van der Waals surface area (Å²) in [6, 6.07) is 8.10. The summed E-state index contributed by atoms with van der Waals surface area (Å²) in [4.78, 5) is 19.3. The lowest BCUT2D eigenvalue weighted by atomic mass is 9.90. The fourth-order valence-electron chi connectivity index (χ4n) is 5.05. The largest absolute Gasteiger partial charge is 0.356 e. The van der Waals surface area contributed by atoms with Crippen molar-refractivity contribution in [2.45, 2.75) is 43.6 Å². The third-order valence-corrected chi connectivity index (χ3v) is 7.59. The monoisotopic (exact) mass is 543 g/mol. The van der Waals surface area contributed by atoms with Crippen molar-refractivity contribution in [2.24, 2.45) is 4.99 Å². The summed E-state index contributed by atoms with van der Waals surface area (Å²) in [5.41, 5.74) is 2.41. The summed E-state index contributed by atoms with van der Waals surface area (Å²) < 4.78 is 0. The molecule has 166 valence electrons. The SMILES string of the molecule is CN=C(NCC1CC(=O)Nc2ccccc21)NCC1(N2CCSCC2)CCCC1.I. The molecule has 2 fully saturated rings. The van der Waals surface area contributed by atoms with Crippen molar-refractivity contribution < 1.29 is 4.79 Å². The number of carbonyl (C=O) groups is 1. The van der Waals surface area contributed by atoms with E-state index in [4.69, 9.17) is 0 Å². The number of anilines is 1. The number of para-hydroxylation sites is 1. The van der Waals surface area contributed by atoms with Crippen molar-refractivity contribution >= 4 is 53.3 Å². The maximum atomic E-state index is 12.1. The summed E-state index contributed by atoms with van der Waals surface area (Å²) in [5.74, 6) is 3.59. The van der Waals surface area contributed by atoms with Crippen LogP contribution < -0.4 is 16.0 Å². The number of nitrogens with one attached hydrogen (secondary N) is 3. The van der Waals surface area contributed by atoms with Crippen LogP contribution >= 0.6 is 35.7 Å². The molecule has 1 saturated heterocycles. The van der Waals surface area contributed by atoms with E-state index in [1.165, 1.54) is 55.8 Å². The van der Waals surface area contributed by atoms with Gasteiger partial charge >= 0.3 is 0 Å². The molecule has 3 aliphatic rings. The van der Waals surface area contributed by atoms with Crippen LogP contribution in [0.15, 0.2) is 29.3 Å². The van der Waals surface area contributed by atoms with Gasteiger partial charge in [0.1, 0.15) is 0 Å². The Morgan fingerprint density at radius 3 is 2.70 bits per heavy atom. The second-order valence-electron chi connectivity index (χ2n) is 8.37. The van der Waals surface area contributed by atoms with E-state index >= 15 is 0 Å². The van der Waals surface area contributed by atoms with Gasteiger partial charge in [0.2, 0.25) is 5.91 Å². The smallest absolute Gasteiger partial charge is 0.225 e. The Bertz CT molecular complexity index is 747. The van der Waals surface area contributed by atoms with E-state index < -0.39 is 0 Å². The summed E-state index contributed by atoms with van der Waals surface area (Å²) in [6.07, 6.45) is 5.71. The maximum absolute atomic E-state index is 12.1. The fraction of sp³-hybridized carbons (Fsp3) is 0.636. The third-order valence-electron chi connectivity index (χ3n) is 6.65. The Labute approximate surface area is 201 Å². The quantitative estimate of drug-likeness (QED) is 0.302. The van der Waals surface area contributed by atoms with E-state index in [-0.39, 0.29) is 41.3 Å². The molecule has 1 unspecified atom stereocenters. The topological polar surface area (TPSA) is 68.8 Å². The highest BCUT2D eigenvalue weighted by Gasteiger charge is 2.40. The van der Waals surface area contributed by atoms with Crippen molar-refractivity contribution in [3.05, 3.63) is 29.8 Å². The number of fused-ring (bicyclic) bond motifs is 1. The number of hydrogen-bond acceptors (Lipinski definition) is 4. The van der Waals surface area contributed by atoms with Crippen molar-refractivity contribution in [1.29, 1.82) is 0 Å². The highest BCUT2D eigenvalue weighted by molar-refractivity contribution is 14.0. The average Bonchev–Trinajstić information content (AvgIpc) is 3.24. The number of amides is 1. The Morgan fingerprint density at radius 2 is 1.97 bits per heavy atom. The first kappa shape index (κ1) is 23.7. The molecular weight excluding hydrogens is 509 g/mol. The molecule has 2 aliphatic heterocycles. The van der Waals surface area contributed by atoms with Crippen LogP contribution in [-0.4, -0.2) is 67.0 Å². The highest BCUT2D eigenvalue weighted by atomic mass is 127. The van der Waals surface area contributed by atoms with Gasteiger partial charge in [-0.15, -0.1) is 24.0 Å². The van der Waals surface area contributed by atoms with E-state index in [2.05, 4.69) is 43.7 Å². The van der Waals surface area contributed by atoms with E-state index in [1.807, 2.05) is 25.2 Å². The molecule has 0 spiro atoms. The summed E-state index contributed by atoms with van der Waals surface area (Å²) in [6.45, 7) is 4.05. The minimum Gasteiger partial charge on any atom is -0.356 e. The summed E-state index contributed by atoms with van der Waals surface area (Å²) in [5, 5.41) is 10.1. The van der Waals surface area contributed by atoms with Gasteiger partial charge in [-0.3, -0.25) is 14.7 Å². The number of nitrogens with zero attached hydrogens (tertiary/aromatic N) is 2. The molecule has 1 amide bonds. The Morgan fingerprint density at radius 1 is 1.23 bits per heavy atom. The highest BCUT2D eigenvalue weighted by Crippen LogP contribution is 2.36. The van der Waals surface area contributed by atoms with Crippen LogP contribution in [0.5, 0.6) is 0 Å². The molecule has 0 bridgehead atoms. The van der Waals surface area contributed by atoms with Gasteiger partial charge in [0.15, 0.2) is 5.96 Å².